The Balaban J connectivity index is 1.65. The number of anilines is 1. The number of nitrogens with zero attached hydrogens (tertiary/aromatic N) is 6. The minimum Gasteiger partial charge on any atom is -0.368 e. The van der Waals surface area contributed by atoms with Gasteiger partial charge in [0.2, 0.25) is 10.0 Å². The Labute approximate surface area is 167 Å². The predicted octanol–water partition coefficient (Wildman–Crippen LogP) is 0.466. The highest BCUT2D eigenvalue weighted by molar-refractivity contribution is 7.89. The summed E-state index contributed by atoms with van der Waals surface area (Å²) in [6, 6.07) is 3.47. The number of hydrogen-bond acceptors (Lipinski definition) is 7. The molecule has 1 atom stereocenters. The molecule has 9 nitrogen and oxygen atoms in total. The molecule has 2 aromatic heterocycles. The van der Waals surface area contributed by atoms with Crippen molar-refractivity contribution in [2.45, 2.75) is 10.9 Å². The van der Waals surface area contributed by atoms with Gasteiger partial charge in [-0.25, -0.2) is 13.4 Å². The first-order valence-electron chi connectivity index (χ1n) is 9.31. The lowest BCUT2D eigenvalue weighted by Crippen LogP contribution is -2.47. The molecule has 1 N–H and O–H groups in total. The van der Waals surface area contributed by atoms with Crippen molar-refractivity contribution < 1.29 is 8.42 Å². The summed E-state index contributed by atoms with van der Waals surface area (Å²) in [6.07, 6.45) is 5.28. The molecule has 1 unspecified atom stereocenters. The number of aromatic nitrogens is 3. The lowest BCUT2D eigenvalue weighted by molar-refractivity contribution is 0.222. The summed E-state index contributed by atoms with van der Waals surface area (Å²) < 4.78 is 28.9. The molecule has 0 aliphatic carbocycles. The molecule has 0 amide bonds. The third-order valence-corrected chi connectivity index (χ3v) is 6.93. The molecule has 154 valence electrons. The van der Waals surface area contributed by atoms with E-state index in [1.807, 2.05) is 40.6 Å². The van der Waals surface area contributed by atoms with E-state index < -0.39 is 10.0 Å². The summed E-state index contributed by atoms with van der Waals surface area (Å²) in [5, 5.41) is 7.53. The Morgan fingerprint density at radius 2 is 1.86 bits per heavy atom. The second kappa shape index (κ2) is 8.56. The fourth-order valence-corrected chi connectivity index (χ4v) is 4.60. The van der Waals surface area contributed by atoms with Gasteiger partial charge < -0.3 is 15.1 Å². The van der Waals surface area contributed by atoms with Gasteiger partial charge in [-0.1, -0.05) is 0 Å². The fourth-order valence-electron chi connectivity index (χ4n) is 3.23. The quantitative estimate of drug-likeness (QED) is 0.714. The van der Waals surface area contributed by atoms with Gasteiger partial charge in [-0.3, -0.25) is 4.68 Å². The molecular weight excluding hydrogens is 378 g/mol. The molecule has 1 aliphatic rings. The van der Waals surface area contributed by atoms with Gasteiger partial charge >= 0.3 is 0 Å². The van der Waals surface area contributed by atoms with Crippen molar-refractivity contribution in [2.75, 3.05) is 59.2 Å². The van der Waals surface area contributed by atoms with Crippen molar-refractivity contribution in [1.29, 1.82) is 0 Å². The van der Waals surface area contributed by atoms with Crippen LogP contribution in [0.2, 0.25) is 0 Å². The highest BCUT2D eigenvalue weighted by Crippen LogP contribution is 2.20. The molecule has 0 aromatic carbocycles. The standard InChI is InChI=1S/C18H29N7O2S/c1-22(2)17(15-11-21-24(4)14-15)13-20-18-6-5-16(12-19-18)28(26,27)25-9-7-23(3)8-10-25/h5-6,11-12,14,17H,7-10,13H2,1-4H3,(H,19,20). The molecule has 0 radical (unpaired) electrons. The van der Waals surface area contributed by atoms with E-state index in [1.165, 1.54) is 10.5 Å². The van der Waals surface area contributed by atoms with E-state index in [2.05, 4.69) is 25.2 Å². The molecule has 10 heteroatoms. The van der Waals surface area contributed by atoms with Crippen LogP contribution in [-0.4, -0.2) is 91.2 Å². The molecular formula is C18H29N7O2S. The van der Waals surface area contributed by atoms with E-state index in [4.69, 9.17) is 0 Å². The lowest BCUT2D eigenvalue weighted by Gasteiger charge is -2.31. The topological polar surface area (TPSA) is 86.6 Å². The van der Waals surface area contributed by atoms with Crippen molar-refractivity contribution >= 4 is 15.8 Å². The molecule has 0 saturated carbocycles. The monoisotopic (exact) mass is 407 g/mol. The van der Waals surface area contributed by atoms with Crippen LogP contribution in [0.3, 0.4) is 0 Å². The molecule has 1 fully saturated rings. The normalized spacial score (nSPS) is 17.8. The molecule has 3 rings (SSSR count). The Kier molecular flexibility index (Phi) is 6.33. The maximum atomic E-state index is 12.8. The average molecular weight is 408 g/mol. The van der Waals surface area contributed by atoms with E-state index in [1.54, 1.807) is 16.8 Å². The van der Waals surface area contributed by atoms with E-state index in [-0.39, 0.29) is 10.9 Å². The fraction of sp³-hybridized carbons (Fsp3) is 0.556. The number of likely N-dealkylation sites (N-methyl/N-ethyl adjacent to an activating group) is 2. The number of hydrogen-bond donors (Lipinski definition) is 1. The van der Waals surface area contributed by atoms with E-state index in [0.29, 0.717) is 25.5 Å². The summed E-state index contributed by atoms with van der Waals surface area (Å²) in [6.45, 7) is 3.14. The van der Waals surface area contributed by atoms with Crippen molar-refractivity contribution in [1.82, 2.24) is 28.9 Å². The van der Waals surface area contributed by atoms with Gasteiger partial charge in [0.05, 0.1) is 12.2 Å². The van der Waals surface area contributed by atoms with Crippen molar-refractivity contribution in [3.63, 3.8) is 0 Å². The van der Waals surface area contributed by atoms with Gasteiger partial charge in [0.1, 0.15) is 10.7 Å². The van der Waals surface area contributed by atoms with Crippen molar-refractivity contribution in [2.24, 2.45) is 7.05 Å². The maximum absolute atomic E-state index is 12.8. The van der Waals surface area contributed by atoms with Gasteiger partial charge in [0.25, 0.3) is 0 Å². The second-order valence-electron chi connectivity index (χ2n) is 7.39. The van der Waals surface area contributed by atoms with Crippen LogP contribution >= 0.6 is 0 Å². The minimum absolute atomic E-state index is 0.129. The zero-order valence-corrected chi connectivity index (χ0v) is 17.7. The molecule has 0 spiro atoms. The summed E-state index contributed by atoms with van der Waals surface area (Å²) in [4.78, 5) is 8.79. The summed E-state index contributed by atoms with van der Waals surface area (Å²) in [5.74, 6) is 0.646. The smallest absolute Gasteiger partial charge is 0.244 e. The number of aryl methyl sites for hydroxylation is 1. The summed E-state index contributed by atoms with van der Waals surface area (Å²) >= 11 is 0. The number of pyridine rings is 1. The summed E-state index contributed by atoms with van der Waals surface area (Å²) in [5.41, 5.74) is 1.11. The average Bonchev–Trinajstić information content (AvgIpc) is 3.08. The Bertz CT molecular complexity index is 872. The van der Waals surface area contributed by atoms with Crippen LogP contribution in [0.5, 0.6) is 0 Å². The Morgan fingerprint density at radius 1 is 1.14 bits per heavy atom. The van der Waals surface area contributed by atoms with Crippen LogP contribution < -0.4 is 5.32 Å². The first-order chi connectivity index (χ1) is 13.3. The first-order valence-corrected chi connectivity index (χ1v) is 10.7. The minimum atomic E-state index is -3.49. The number of sulfonamides is 1. The van der Waals surface area contributed by atoms with E-state index >= 15 is 0 Å². The number of rotatable bonds is 7. The second-order valence-corrected chi connectivity index (χ2v) is 9.33. The van der Waals surface area contributed by atoms with Gasteiger partial charge in [-0.15, -0.1) is 0 Å². The third-order valence-electron chi connectivity index (χ3n) is 5.05. The number of piperazine rings is 1. The number of nitrogens with one attached hydrogen (secondary N) is 1. The van der Waals surface area contributed by atoms with Crippen LogP contribution in [-0.2, 0) is 17.1 Å². The molecule has 1 aliphatic heterocycles. The van der Waals surface area contributed by atoms with Crippen molar-refractivity contribution in [3.05, 3.63) is 36.3 Å². The van der Waals surface area contributed by atoms with Crippen LogP contribution in [0.25, 0.3) is 0 Å². The maximum Gasteiger partial charge on any atom is 0.244 e. The zero-order chi connectivity index (χ0) is 20.3. The van der Waals surface area contributed by atoms with Crippen LogP contribution in [0.1, 0.15) is 11.6 Å². The lowest BCUT2D eigenvalue weighted by atomic mass is 10.1. The van der Waals surface area contributed by atoms with E-state index in [0.717, 1.165) is 18.7 Å². The Morgan fingerprint density at radius 3 is 2.39 bits per heavy atom. The zero-order valence-electron chi connectivity index (χ0n) is 16.9. The molecule has 28 heavy (non-hydrogen) atoms. The third kappa shape index (κ3) is 4.69. The van der Waals surface area contributed by atoms with Gasteiger partial charge in [-0.2, -0.15) is 9.40 Å². The highest BCUT2D eigenvalue weighted by atomic mass is 32.2. The summed E-state index contributed by atoms with van der Waals surface area (Å²) in [7, 11) is 4.43. The molecule has 0 bridgehead atoms. The Hall–Kier alpha value is -2.01. The highest BCUT2D eigenvalue weighted by Gasteiger charge is 2.27. The van der Waals surface area contributed by atoms with Gasteiger partial charge in [0.15, 0.2) is 0 Å². The molecule has 1 saturated heterocycles. The van der Waals surface area contributed by atoms with E-state index in [9.17, 15) is 8.42 Å². The van der Waals surface area contributed by atoms with Gasteiger partial charge in [0, 0.05) is 57.7 Å². The molecule has 2 aromatic rings. The van der Waals surface area contributed by atoms with Crippen LogP contribution in [0, 0.1) is 0 Å². The first kappa shape index (κ1) is 20.7. The van der Waals surface area contributed by atoms with Gasteiger partial charge in [-0.05, 0) is 33.3 Å². The molecule has 3 heterocycles. The van der Waals surface area contributed by atoms with Crippen molar-refractivity contribution in [3.8, 4) is 0 Å². The predicted molar refractivity (Wildman–Crippen MR) is 109 cm³/mol. The largest absolute Gasteiger partial charge is 0.368 e. The van der Waals surface area contributed by atoms with Crippen LogP contribution in [0.4, 0.5) is 5.82 Å². The van der Waals surface area contributed by atoms with Crippen LogP contribution in [0.15, 0.2) is 35.6 Å². The SMILES string of the molecule is CN1CCN(S(=O)(=O)c2ccc(NCC(c3cnn(C)c3)N(C)C)nc2)CC1.